The van der Waals surface area contributed by atoms with E-state index >= 15 is 0 Å². The minimum atomic E-state index is -3.23. The van der Waals surface area contributed by atoms with Crippen molar-refractivity contribution in [1.29, 1.82) is 0 Å². The van der Waals surface area contributed by atoms with Gasteiger partial charge in [-0.1, -0.05) is 15.9 Å². The molecule has 118 valence electrons. The number of piperazine rings is 1. The van der Waals surface area contributed by atoms with Gasteiger partial charge in [0.05, 0.1) is 7.11 Å². The lowest BCUT2D eigenvalue weighted by atomic mass is 9.98. The predicted octanol–water partition coefficient (Wildman–Crippen LogP) is 2.03. The maximum absolute atomic E-state index is 14.3. The summed E-state index contributed by atoms with van der Waals surface area (Å²) in [6.07, 6.45) is 0. The summed E-state index contributed by atoms with van der Waals surface area (Å²) in [5.41, 5.74) is 0.426. The molecule has 1 atom stereocenters. The van der Waals surface area contributed by atoms with Gasteiger partial charge in [0, 0.05) is 30.7 Å². The number of methoxy groups -OCH3 is 1. The van der Waals surface area contributed by atoms with Gasteiger partial charge in [-0.05, 0) is 23.8 Å². The number of nitrogens with one attached hydrogen (secondary N) is 1. The van der Waals surface area contributed by atoms with Crippen LogP contribution in [0.15, 0.2) is 22.7 Å². The fourth-order valence-electron chi connectivity index (χ4n) is 2.58. The smallest absolute Gasteiger partial charge is 0.289 e. The van der Waals surface area contributed by atoms with Gasteiger partial charge in [0.1, 0.15) is 18.4 Å². The first-order valence-corrected chi connectivity index (χ1v) is 7.56. The van der Waals surface area contributed by atoms with E-state index in [4.69, 9.17) is 9.84 Å². The van der Waals surface area contributed by atoms with Crippen LogP contribution in [0.4, 0.5) is 8.78 Å². The molecule has 4 nitrogen and oxygen atoms in total. The molecular weight excluding hydrogens is 346 g/mol. The minimum Gasteiger partial charge on any atom is -0.497 e. The zero-order chi connectivity index (χ0) is 15.5. The zero-order valence-corrected chi connectivity index (χ0v) is 13.4. The van der Waals surface area contributed by atoms with Crippen LogP contribution in [-0.2, 0) is 0 Å². The Kier molecular flexibility index (Phi) is 5.54. The van der Waals surface area contributed by atoms with E-state index in [9.17, 15) is 8.78 Å². The van der Waals surface area contributed by atoms with Crippen LogP contribution in [0.1, 0.15) is 11.6 Å². The number of hydrogen-bond donors (Lipinski definition) is 2. The Labute approximate surface area is 131 Å². The van der Waals surface area contributed by atoms with E-state index < -0.39 is 18.6 Å². The molecule has 0 bridgehead atoms. The summed E-state index contributed by atoms with van der Waals surface area (Å²) in [6.45, 7) is 1.12. The van der Waals surface area contributed by atoms with E-state index in [1.807, 2.05) is 0 Å². The summed E-state index contributed by atoms with van der Waals surface area (Å²) >= 11 is 3.34. The number of halogens is 3. The van der Waals surface area contributed by atoms with Crippen molar-refractivity contribution in [2.75, 3.05) is 39.9 Å². The van der Waals surface area contributed by atoms with Crippen LogP contribution in [0.2, 0.25) is 0 Å². The molecule has 2 N–H and O–H groups in total. The lowest BCUT2D eigenvalue weighted by molar-refractivity contribution is -0.118. The second-order valence-corrected chi connectivity index (χ2v) is 5.85. The maximum Gasteiger partial charge on any atom is 0.289 e. The Hall–Kier alpha value is -0.760. The molecule has 1 fully saturated rings. The molecule has 1 heterocycles. The number of benzene rings is 1. The Morgan fingerprint density at radius 1 is 1.43 bits per heavy atom. The first-order valence-electron chi connectivity index (χ1n) is 6.76. The van der Waals surface area contributed by atoms with Gasteiger partial charge in [0.2, 0.25) is 0 Å². The van der Waals surface area contributed by atoms with Gasteiger partial charge in [-0.15, -0.1) is 0 Å². The maximum atomic E-state index is 14.3. The fourth-order valence-corrected chi connectivity index (χ4v) is 3.04. The molecule has 0 aromatic heterocycles. The molecule has 1 aromatic carbocycles. The molecule has 0 spiro atoms. The van der Waals surface area contributed by atoms with E-state index in [0.29, 0.717) is 42.0 Å². The van der Waals surface area contributed by atoms with Gasteiger partial charge in [0.15, 0.2) is 0 Å². The third-order valence-electron chi connectivity index (χ3n) is 3.63. The summed E-state index contributed by atoms with van der Waals surface area (Å²) < 4.78 is 34.4. The van der Waals surface area contributed by atoms with Crippen LogP contribution in [0, 0.1) is 0 Å². The van der Waals surface area contributed by atoms with E-state index in [1.165, 1.54) is 7.11 Å². The second-order valence-electron chi connectivity index (χ2n) is 5.00. The van der Waals surface area contributed by atoms with Crippen molar-refractivity contribution >= 4 is 15.9 Å². The summed E-state index contributed by atoms with van der Waals surface area (Å²) in [5.74, 6) is -2.71. The molecule has 0 radical (unpaired) electrons. The Morgan fingerprint density at radius 3 is 2.67 bits per heavy atom. The van der Waals surface area contributed by atoms with Crippen LogP contribution >= 0.6 is 15.9 Å². The fraction of sp³-hybridized carbons (Fsp3) is 0.571. The SMILES string of the molecule is COc1ccc(Br)c([C@@H](N2CCNCC2)C(F)(F)CO)c1. The highest BCUT2D eigenvalue weighted by atomic mass is 79.9. The molecule has 1 aliphatic rings. The molecule has 21 heavy (non-hydrogen) atoms. The minimum absolute atomic E-state index is 0.426. The van der Waals surface area contributed by atoms with Crippen LogP contribution in [0.5, 0.6) is 5.75 Å². The third kappa shape index (κ3) is 3.71. The van der Waals surface area contributed by atoms with Crippen molar-refractivity contribution in [2.24, 2.45) is 0 Å². The standard InChI is InChI=1S/C14H19BrF2N2O2/c1-21-10-2-3-12(15)11(8-10)13(14(16,17)9-20)19-6-4-18-5-7-19/h2-3,8,13,18,20H,4-7,9H2,1H3/t13-/m1/s1. The van der Waals surface area contributed by atoms with Gasteiger partial charge in [-0.3, -0.25) is 4.90 Å². The van der Waals surface area contributed by atoms with Gasteiger partial charge >= 0.3 is 0 Å². The largest absolute Gasteiger partial charge is 0.497 e. The molecular formula is C14H19BrF2N2O2. The highest BCUT2D eigenvalue weighted by Crippen LogP contribution is 2.40. The quantitative estimate of drug-likeness (QED) is 0.838. The zero-order valence-electron chi connectivity index (χ0n) is 11.8. The second kappa shape index (κ2) is 7.00. The van der Waals surface area contributed by atoms with Crippen LogP contribution < -0.4 is 10.1 Å². The number of rotatable bonds is 5. The molecule has 1 aliphatic heterocycles. The van der Waals surface area contributed by atoms with Gasteiger partial charge in [0.25, 0.3) is 5.92 Å². The van der Waals surface area contributed by atoms with Gasteiger partial charge in [-0.25, -0.2) is 8.78 Å². The first-order chi connectivity index (χ1) is 9.99. The van der Waals surface area contributed by atoms with Crippen LogP contribution in [-0.4, -0.2) is 55.8 Å². The number of aliphatic hydroxyl groups excluding tert-OH is 1. The number of alkyl halides is 2. The van der Waals surface area contributed by atoms with E-state index in [1.54, 1.807) is 23.1 Å². The highest BCUT2D eigenvalue weighted by Gasteiger charge is 2.44. The van der Waals surface area contributed by atoms with Crippen molar-refractivity contribution in [3.8, 4) is 5.75 Å². The number of ether oxygens (including phenoxy) is 1. The number of hydrogen-bond acceptors (Lipinski definition) is 4. The summed E-state index contributed by atoms with van der Waals surface area (Å²) in [5, 5.41) is 12.3. The predicted molar refractivity (Wildman–Crippen MR) is 79.9 cm³/mol. The topological polar surface area (TPSA) is 44.7 Å². The van der Waals surface area contributed by atoms with Crippen LogP contribution in [0.25, 0.3) is 0 Å². The molecule has 0 unspecified atom stereocenters. The Balaban J connectivity index is 2.43. The van der Waals surface area contributed by atoms with Crippen molar-refractivity contribution in [3.05, 3.63) is 28.2 Å². The molecule has 0 amide bonds. The molecule has 1 aromatic rings. The molecule has 0 saturated carbocycles. The average molecular weight is 365 g/mol. The molecule has 7 heteroatoms. The lowest BCUT2D eigenvalue weighted by Gasteiger charge is -2.39. The van der Waals surface area contributed by atoms with Crippen molar-refractivity contribution in [1.82, 2.24) is 10.2 Å². The van der Waals surface area contributed by atoms with E-state index in [-0.39, 0.29) is 0 Å². The number of nitrogens with zero attached hydrogens (tertiary/aromatic N) is 1. The molecule has 2 rings (SSSR count). The summed E-state index contributed by atoms with van der Waals surface area (Å²) in [6, 6.07) is 3.81. The van der Waals surface area contributed by atoms with Crippen molar-refractivity contribution in [2.45, 2.75) is 12.0 Å². The van der Waals surface area contributed by atoms with Crippen molar-refractivity contribution in [3.63, 3.8) is 0 Å². The Bertz CT molecular complexity index is 482. The summed E-state index contributed by atoms with van der Waals surface area (Å²) in [4.78, 5) is 1.70. The Morgan fingerprint density at radius 2 is 2.10 bits per heavy atom. The average Bonchev–Trinajstić information content (AvgIpc) is 2.50. The van der Waals surface area contributed by atoms with Crippen LogP contribution in [0.3, 0.4) is 0 Å². The highest BCUT2D eigenvalue weighted by molar-refractivity contribution is 9.10. The van der Waals surface area contributed by atoms with Gasteiger partial charge in [-0.2, -0.15) is 0 Å². The molecule has 0 aliphatic carbocycles. The number of aliphatic hydroxyl groups is 1. The van der Waals surface area contributed by atoms with Crippen molar-refractivity contribution < 1.29 is 18.6 Å². The monoisotopic (exact) mass is 364 g/mol. The van der Waals surface area contributed by atoms with E-state index in [2.05, 4.69) is 21.2 Å². The first kappa shape index (κ1) is 16.6. The molecule has 1 saturated heterocycles. The lowest BCUT2D eigenvalue weighted by Crippen LogP contribution is -2.51. The third-order valence-corrected chi connectivity index (χ3v) is 4.35. The normalized spacial score (nSPS) is 18.5. The van der Waals surface area contributed by atoms with E-state index in [0.717, 1.165) is 0 Å². The van der Waals surface area contributed by atoms with Gasteiger partial charge < -0.3 is 15.2 Å². The summed E-state index contributed by atoms with van der Waals surface area (Å²) in [7, 11) is 1.50.